The largest absolute Gasteiger partial charge is 0.269 e. The van der Waals surface area contributed by atoms with Crippen molar-refractivity contribution in [3.05, 3.63) is 91.0 Å². The van der Waals surface area contributed by atoms with Crippen molar-refractivity contribution in [2.75, 3.05) is 17.3 Å². The summed E-state index contributed by atoms with van der Waals surface area (Å²) in [5.74, 6) is 5.97. The molecule has 0 saturated heterocycles. The van der Waals surface area contributed by atoms with E-state index >= 15 is 0 Å². The molecule has 0 saturated carbocycles. The second-order valence-corrected chi connectivity index (χ2v) is 12.3. The van der Waals surface area contributed by atoms with E-state index in [1.807, 2.05) is 35.3 Å². The van der Waals surface area contributed by atoms with Gasteiger partial charge < -0.3 is 0 Å². The van der Waals surface area contributed by atoms with E-state index in [0.29, 0.717) is 0 Å². The van der Waals surface area contributed by atoms with Crippen molar-refractivity contribution < 1.29 is 14.1 Å². The van der Waals surface area contributed by atoms with E-state index in [2.05, 4.69) is 133 Å². The van der Waals surface area contributed by atoms with Gasteiger partial charge in [0.25, 0.3) is 0 Å². The lowest BCUT2D eigenvalue weighted by Crippen LogP contribution is -1.89. The van der Waals surface area contributed by atoms with Gasteiger partial charge in [-0.3, -0.25) is 14.1 Å². The molecule has 3 aromatic rings. The highest BCUT2D eigenvalue weighted by molar-refractivity contribution is 7.99. The molecule has 0 atom stereocenters. The van der Waals surface area contributed by atoms with Gasteiger partial charge in [-0.1, -0.05) is 96.1 Å². The minimum Gasteiger partial charge on any atom is -0.269 e. The molecule has 0 aliphatic rings. The fourth-order valence-corrected chi connectivity index (χ4v) is 4.96. The quantitative estimate of drug-likeness (QED) is 0.240. The molecule has 0 heterocycles. The lowest BCUT2D eigenvalue weighted by atomic mass is 10.3. The van der Waals surface area contributed by atoms with Gasteiger partial charge in [-0.05, 0) is 54.2 Å². The fourth-order valence-electron chi connectivity index (χ4n) is 2.34. The van der Waals surface area contributed by atoms with Crippen LogP contribution in [0.1, 0.15) is 41.5 Å². The molecule has 204 valence electrons. The van der Waals surface area contributed by atoms with Gasteiger partial charge in [0.05, 0.1) is 0 Å². The van der Waals surface area contributed by atoms with Crippen LogP contribution in [-0.2, 0) is 0 Å². The normalized spacial score (nSPS) is 9.58. The first-order valence-corrected chi connectivity index (χ1v) is 14.9. The molecule has 0 aromatic heterocycles. The Morgan fingerprint density at radius 1 is 0.389 bits per heavy atom. The number of hydrogen-bond donors (Lipinski definition) is 0. The predicted octanol–water partition coefficient (Wildman–Crippen LogP) is 10.8. The lowest BCUT2D eigenvalue weighted by Gasteiger charge is -2.02. The summed E-state index contributed by atoms with van der Waals surface area (Å²) in [6.07, 6.45) is 0. The highest BCUT2D eigenvalue weighted by atomic mass is 32.2. The van der Waals surface area contributed by atoms with E-state index in [1.165, 1.54) is 31.9 Å². The Morgan fingerprint density at radius 3 is 0.750 bits per heavy atom. The van der Waals surface area contributed by atoms with Gasteiger partial charge in [-0.15, -0.1) is 35.3 Å². The van der Waals surface area contributed by atoms with Gasteiger partial charge in [-0.2, -0.15) is 0 Å². The first-order valence-electron chi connectivity index (χ1n) is 11.9. The van der Waals surface area contributed by atoms with Crippen LogP contribution in [0.15, 0.2) is 106 Å². The maximum atomic E-state index is 2.25. The summed E-state index contributed by atoms with van der Waals surface area (Å²) in [7, 11) is 0. The van der Waals surface area contributed by atoms with Crippen molar-refractivity contribution >= 4 is 35.3 Å². The summed E-state index contributed by atoms with van der Waals surface area (Å²) in [5, 5.41) is 0. The maximum Gasteiger partial charge on any atom is 0.00720 e. The molecule has 0 unspecified atom stereocenters. The molecule has 0 aliphatic heterocycles. The van der Waals surface area contributed by atoms with E-state index in [4.69, 9.17) is 0 Å². The third kappa shape index (κ3) is 22.9. The number of rotatable bonds is 9. The Morgan fingerprint density at radius 2 is 0.583 bits per heavy atom. The van der Waals surface area contributed by atoms with Gasteiger partial charge >= 0.3 is 0 Å². The zero-order chi connectivity index (χ0) is 24.3. The van der Waals surface area contributed by atoms with Crippen LogP contribution >= 0.6 is 35.3 Å². The van der Waals surface area contributed by atoms with E-state index in [-0.39, 0.29) is 14.1 Å². The summed E-state index contributed by atoms with van der Waals surface area (Å²) < 4.78 is 0. The zero-order valence-electron chi connectivity index (χ0n) is 22.5. The van der Waals surface area contributed by atoms with Crippen LogP contribution in [0.5, 0.6) is 0 Å². The second-order valence-electron chi connectivity index (χ2n) is 9.05. The molecule has 0 fully saturated rings. The molecule has 6 heteroatoms. The van der Waals surface area contributed by atoms with Crippen LogP contribution in [-0.4, -0.2) is 17.3 Å². The summed E-state index contributed by atoms with van der Waals surface area (Å²) in [6, 6.07) is 31.6. The van der Waals surface area contributed by atoms with E-state index < -0.39 is 0 Å². The number of halogens is 3. The number of hydrogen-bond acceptors (Lipinski definition) is 3. The zero-order valence-corrected chi connectivity index (χ0v) is 24.9. The SMILES string of the molecule is CC(C)CSc1ccccc1.CC(C)CSc1ccccc1.CC(C)CSc1ccccc1.F.F.F. The average molecular weight is 559 g/mol. The molecule has 0 aliphatic carbocycles. The van der Waals surface area contributed by atoms with Crippen LogP contribution < -0.4 is 0 Å². The Labute approximate surface area is 230 Å². The summed E-state index contributed by atoms with van der Waals surface area (Å²) >= 11 is 5.79. The van der Waals surface area contributed by atoms with Crippen molar-refractivity contribution in [2.45, 2.75) is 56.2 Å². The highest BCUT2D eigenvalue weighted by Gasteiger charge is 1.96. The van der Waals surface area contributed by atoms with Crippen LogP contribution in [0, 0.1) is 17.8 Å². The predicted molar refractivity (Wildman–Crippen MR) is 164 cm³/mol. The van der Waals surface area contributed by atoms with E-state index in [1.54, 1.807) is 0 Å². The van der Waals surface area contributed by atoms with Gasteiger partial charge in [0.2, 0.25) is 0 Å². The van der Waals surface area contributed by atoms with Crippen LogP contribution in [0.25, 0.3) is 0 Å². The van der Waals surface area contributed by atoms with Crippen molar-refractivity contribution in [3.63, 3.8) is 0 Å². The molecule has 0 radical (unpaired) electrons. The van der Waals surface area contributed by atoms with Crippen molar-refractivity contribution in [1.82, 2.24) is 0 Å². The molecule has 0 nitrogen and oxygen atoms in total. The Bertz CT molecular complexity index is 702. The first kappa shape index (κ1) is 39.0. The third-order valence-corrected chi connectivity index (χ3v) is 8.30. The van der Waals surface area contributed by atoms with Gasteiger partial charge in [0.1, 0.15) is 0 Å². The molecular weight excluding hydrogens is 514 g/mol. The molecule has 0 spiro atoms. The van der Waals surface area contributed by atoms with E-state index in [0.717, 1.165) is 17.8 Å². The smallest absolute Gasteiger partial charge is 0.00720 e. The van der Waals surface area contributed by atoms with E-state index in [9.17, 15) is 0 Å². The minimum atomic E-state index is 0. The minimum absolute atomic E-state index is 0. The lowest BCUT2D eigenvalue weighted by molar-refractivity contribution is 0.750. The second kappa shape index (κ2) is 25.2. The Kier molecular flexibility index (Phi) is 27.3. The monoisotopic (exact) mass is 558 g/mol. The van der Waals surface area contributed by atoms with Crippen molar-refractivity contribution in [1.29, 1.82) is 0 Å². The first-order chi connectivity index (χ1) is 15.9. The van der Waals surface area contributed by atoms with Crippen molar-refractivity contribution in [3.8, 4) is 0 Å². The number of thioether (sulfide) groups is 3. The molecule has 0 amide bonds. The molecule has 36 heavy (non-hydrogen) atoms. The molecule has 0 bridgehead atoms. The standard InChI is InChI=1S/3C10H14S.3FH/c3*1-9(2)8-11-10-6-4-3-5-7-10;;;/h3*3-7,9H,8H2,1-2H3;3*1H. The molecule has 0 N–H and O–H groups in total. The van der Waals surface area contributed by atoms with Crippen molar-refractivity contribution in [2.24, 2.45) is 17.8 Å². The highest BCUT2D eigenvalue weighted by Crippen LogP contribution is 2.21. The Hall–Kier alpha value is -1.50. The third-order valence-electron chi connectivity index (χ3n) is 3.98. The fraction of sp³-hybridized carbons (Fsp3) is 0.400. The summed E-state index contributed by atoms with van der Waals surface area (Å²) in [5.41, 5.74) is 0. The van der Waals surface area contributed by atoms with Gasteiger partial charge in [0, 0.05) is 31.9 Å². The van der Waals surface area contributed by atoms with Crippen LogP contribution in [0.3, 0.4) is 0 Å². The van der Waals surface area contributed by atoms with Gasteiger partial charge in [0.15, 0.2) is 0 Å². The maximum absolute atomic E-state index is 2.25. The molecule has 3 aromatic carbocycles. The van der Waals surface area contributed by atoms with Gasteiger partial charge in [-0.25, -0.2) is 0 Å². The molecular formula is C30H45F3S3. The summed E-state index contributed by atoms with van der Waals surface area (Å²) in [4.78, 5) is 4.13. The van der Waals surface area contributed by atoms with Crippen LogP contribution in [0.4, 0.5) is 14.1 Å². The molecule has 3 rings (SSSR count). The van der Waals surface area contributed by atoms with Crippen LogP contribution in [0.2, 0.25) is 0 Å². The number of benzene rings is 3. The average Bonchev–Trinajstić information content (AvgIpc) is 2.83. The topological polar surface area (TPSA) is 0 Å². The Balaban J connectivity index is -0.000000436. The summed E-state index contributed by atoms with van der Waals surface area (Å²) in [6.45, 7) is 13.5.